The monoisotopic (exact) mass is 518 g/mol. The number of rotatable bonds is 15. The van der Waals surface area contributed by atoms with Crippen LogP contribution in [0.1, 0.15) is 71.3 Å². The number of Topliss-reactive ketones (excluding diaryl/α,β-unsaturated/α-hetero) is 1. The highest BCUT2D eigenvalue weighted by molar-refractivity contribution is 5.97. The van der Waals surface area contributed by atoms with Gasteiger partial charge in [-0.1, -0.05) is 36.8 Å². The molecule has 0 aliphatic rings. The summed E-state index contributed by atoms with van der Waals surface area (Å²) in [4.78, 5) is 54.9. The van der Waals surface area contributed by atoms with E-state index < -0.39 is 36.0 Å². The highest BCUT2D eigenvalue weighted by Crippen LogP contribution is 2.11. The van der Waals surface area contributed by atoms with Crippen molar-refractivity contribution < 1.29 is 28.7 Å². The highest BCUT2D eigenvalue weighted by atomic mass is 16.6. The Bertz CT molecular complexity index is 911. The topological polar surface area (TPSA) is 140 Å². The number of ether oxygens (including phenoxy) is 2. The molecule has 2 amide bonds. The molecule has 1 atom stereocenters. The number of aliphatic imine (C=N–C) groups is 1. The number of unbranched alkanes of at least 4 members (excludes halogenated alkanes) is 1. The number of carbonyl (C=O) groups excluding carboxylic acids is 4. The van der Waals surface area contributed by atoms with E-state index in [-0.39, 0.29) is 18.8 Å². The van der Waals surface area contributed by atoms with E-state index in [1.54, 1.807) is 34.9 Å². The van der Waals surface area contributed by atoms with Gasteiger partial charge in [0.2, 0.25) is 5.91 Å². The van der Waals surface area contributed by atoms with E-state index in [9.17, 15) is 19.2 Å². The molecular weight excluding hydrogens is 476 g/mol. The van der Waals surface area contributed by atoms with E-state index in [2.05, 4.69) is 10.3 Å². The van der Waals surface area contributed by atoms with Crippen LogP contribution in [0.2, 0.25) is 0 Å². The third kappa shape index (κ3) is 14.7. The van der Waals surface area contributed by atoms with Gasteiger partial charge in [0.1, 0.15) is 18.6 Å². The normalized spacial score (nSPS) is 12.4. The molecule has 0 bridgehead atoms. The van der Waals surface area contributed by atoms with E-state index >= 15 is 0 Å². The third-order valence-corrected chi connectivity index (χ3v) is 5.35. The molecule has 0 fully saturated rings. The van der Waals surface area contributed by atoms with Crippen LogP contribution >= 0.6 is 0 Å². The van der Waals surface area contributed by atoms with Gasteiger partial charge in [0.05, 0.1) is 11.9 Å². The first kappa shape index (κ1) is 31.6. The number of esters is 1. The molecule has 1 aromatic carbocycles. The number of benzene rings is 1. The molecule has 3 N–H and O–H groups in total. The third-order valence-electron chi connectivity index (χ3n) is 5.35. The quantitative estimate of drug-likeness (QED) is 0.119. The molecule has 1 aromatic rings. The molecule has 10 nitrogen and oxygen atoms in total. The lowest BCUT2D eigenvalue weighted by molar-refractivity contribution is -0.156. The molecule has 0 aliphatic heterocycles. The van der Waals surface area contributed by atoms with Gasteiger partial charge in [-0.2, -0.15) is 0 Å². The summed E-state index contributed by atoms with van der Waals surface area (Å²) in [6, 6.07) is 8.61. The molecule has 0 aliphatic carbocycles. The Labute approximate surface area is 220 Å². The fourth-order valence-corrected chi connectivity index (χ4v) is 3.42. The SMILES string of the molecule is CN=C(N)CCCC[C@H](NC(=O)CC(=O)OC(C)(C)C)C(=O)CCCN(C)C(=O)OCc1ccccc1. The van der Waals surface area contributed by atoms with Crippen LogP contribution in [0.15, 0.2) is 35.3 Å². The van der Waals surface area contributed by atoms with Crippen molar-refractivity contribution in [3.63, 3.8) is 0 Å². The van der Waals surface area contributed by atoms with Crippen molar-refractivity contribution in [3.05, 3.63) is 35.9 Å². The Hall–Kier alpha value is -3.43. The molecule has 0 heterocycles. The van der Waals surface area contributed by atoms with Crippen LogP contribution < -0.4 is 11.1 Å². The fraction of sp³-hybridized carbons (Fsp3) is 0.593. The summed E-state index contributed by atoms with van der Waals surface area (Å²) in [6.45, 7) is 5.64. The number of amidine groups is 1. The lowest BCUT2D eigenvalue weighted by atomic mass is 10.0. The summed E-state index contributed by atoms with van der Waals surface area (Å²) >= 11 is 0. The maximum Gasteiger partial charge on any atom is 0.409 e. The lowest BCUT2D eigenvalue weighted by Crippen LogP contribution is -2.42. The van der Waals surface area contributed by atoms with Crippen LogP contribution in [0.4, 0.5) is 4.79 Å². The van der Waals surface area contributed by atoms with Gasteiger partial charge in [0.15, 0.2) is 5.78 Å². The van der Waals surface area contributed by atoms with E-state index in [0.717, 1.165) is 5.56 Å². The van der Waals surface area contributed by atoms with Crippen LogP contribution in [-0.2, 0) is 30.5 Å². The summed E-state index contributed by atoms with van der Waals surface area (Å²) in [5, 5.41) is 2.68. The zero-order valence-electron chi connectivity index (χ0n) is 22.7. The average molecular weight is 519 g/mol. The van der Waals surface area contributed by atoms with Crippen LogP contribution in [0.25, 0.3) is 0 Å². The predicted molar refractivity (Wildman–Crippen MR) is 142 cm³/mol. The van der Waals surface area contributed by atoms with E-state index in [0.29, 0.717) is 44.5 Å². The minimum Gasteiger partial charge on any atom is -0.460 e. The van der Waals surface area contributed by atoms with Crippen LogP contribution in [-0.4, -0.2) is 66.8 Å². The largest absolute Gasteiger partial charge is 0.460 e. The number of nitrogens with one attached hydrogen (secondary N) is 1. The molecular formula is C27H42N4O6. The molecule has 0 saturated carbocycles. The first-order valence-electron chi connectivity index (χ1n) is 12.6. The van der Waals surface area contributed by atoms with Crippen molar-refractivity contribution in [1.82, 2.24) is 10.2 Å². The van der Waals surface area contributed by atoms with Crippen molar-refractivity contribution in [3.8, 4) is 0 Å². The van der Waals surface area contributed by atoms with Crippen LogP contribution in [0.5, 0.6) is 0 Å². The Kier molecular flexibility index (Phi) is 14.0. The second kappa shape index (κ2) is 16.3. The van der Waals surface area contributed by atoms with Crippen LogP contribution in [0.3, 0.4) is 0 Å². The maximum atomic E-state index is 12.9. The number of hydrogen-bond acceptors (Lipinski definition) is 7. The van der Waals surface area contributed by atoms with E-state index in [1.807, 2.05) is 30.3 Å². The zero-order chi connectivity index (χ0) is 27.8. The van der Waals surface area contributed by atoms with Crippen molar-refractivity contribution >= 4 is 29.6 Å². The number of nitrogens with zero attached hydrogens (tertiary/aromatic N) is 2. The minimum atomic E-state index is -0.745. The number of nitrogens with two attached hydrogens (primary N) is 1. The molecule has 10 heteroatoms. The smallest absolute Gasteiger partial charge is 0.409 e. The number of carbonyl (C=O) groups is 4. The van der Waals surface area contributed by atoms with E-state index in [4.69, 9.17) is 15.2 Å². The summed E-state index contributed by atoms with van der Waals surface area (Å²) in [5.41, 5.74) is 5.91. The summed E-state index contributed by atoms with van der Waals surface area (Å²) in [5.74, 6) is -0.859. The van der Waals surface area contributed by atoms with Crippen LogP contribution in [0, 0.1) is 0 Å². The van der Waals surface area contributed by atoms with Gasteiger partial charge in [-0.25, -0.2) is 4.79 Å². The second-order valence-corrected chi connectivity index (χ2v) is 9.88. The standard InChI is InChI=1S/C27H42N4O6/c1-27(2,3)37-25(34)18-24(33)30-21(14-9-10-16-23(28)29-4)22(32)15-11-17-31(5)26(35)36-19-20-12-7-6-8-13-20/h6-8,12-13,21H,9-11,14-19H2,1-5H3,(H2,28,29)(H,30,33)/t21-/m0/s1. The Balaban J connectivity index is 2.58. The Morgan fingerprint density at radius 1 is 1.05 bits per heavy atom. The highest BCUT2D eigenvalue weighted by Gasteiger charge is 2.24. The Morgan fingerprint density at radius 3 is 2.35 bits per heavy atom. The molecule has 0 spiro atoms. The van der Waals surface area contributed by atoms with Crippen molar-refractivity contribution in [2.75, 3.05) is 20.6 Å². The predicted octanol–water partition coefficient (Wildman–Crippen LogP) is 3.37. The average Bonchev–Trinajstić information content (AvgIpc) is 2.83. The van der Waals surface area contributed by atoms with Gasteiger partial charge in [0, 0.05) is 33.5 Å². The number of ketones is 1. The maximum absolute atomic E-state index is 12.9. The summed E-state index contributed by atoms with van der Waals surface area (Å²) in [6.07, 6.45) is 1.98. The first-order valence-corrected chi connectivity index (χ1v) is 12.6. The molecule has 0 aromatic heterocycles. The van der Waals surface area contributed by atoms with Gasteiger partial charge in [-0.15, -0.1) is 0 Å². The van der Waals surface area contributed by atoms with Gasteiger partial charge in [0.25, 0.3) is 0 Å². The van der Waals surface area contributed by atoms with Gasteiger partial charge >= 0.3 is 12.1 Å². The lowest BCUT2D eigenvalue weighted by Gasteiger charge is -2.21. The summed E-state index contributed by atoms with van der Waals surface area (Å²) < 4.78 is 10.5. The Morgan fingerprint density at radius 2 is 1.73 bits per heavy atom. The summed E-state index contributed by atoms with van der Waals surface area (Å²) in [7, 11) is 3.23. The van der Waals surface area contributed by atoms with Crippen molar-refractivity contribution in [1.29, 1.82) is 0 Å². The molecule has 206 valence electrons. The van der Waals surface area contributed by atoms with Crippen molar-refractivity contribution in [2.24, 2.45) is 10.7 Å². The van der Waals surface area contributed by atoms with Crippen molar-refractivity contribution in [2.45, 2.75) is 84.0 Å². The zero-order valence-corrected chi connectivity index (χ0v) is 22.7. The second-order valence-electron chi connectivity index (χ2n) is 9.88. The molecule has 0 radical (unpaired) electrons. The number of amides is 2. The molecule has 1 rings (SSSR count). The van der Waals surface area contributed by atoms with Gasteiger partial charge in [-0.3, -0.25) is 19.4 Å². The first-order chi connectivity index (χ1) is 17.4. The fourth-order valence-electron chi connectivity index (χ4n) is 3.42. The van der Waals surface area contributed by atoms with Gasteiger partial charge in [-0.05, 0) is 45.6 Å². The molecule has 0 saturated heterocycles. The number of hydrogen-bond donors (Lipinski definition) is 2. The minimum absolute atomic E-state index is 0.159. The molecule has 37 heavy (non-hydrogen) atoms. The molecule has 0 unspecified atom stereocenters. The van der Waals surface area contributed by atoms with E-state index in [1.165, 1.54) is 4.90 Å². The van der Waals surface area contributed by atoms with Gasteiger partial charge < -0.3 is 25.4 Å².